The van der Waals surface area contributed by atoms with E-state index in [4.69, 9.17) is 14.5 Å². The quantitative estimate of drug-likeness (QED) is 0.495. The van der Waals surface area contributed by atoms with Crippen LogP contribution < -0.4 is 9.47 Å². The molecule has 1 aromatic carbocycles. The topological polar surface area (TPSA) is 57.5 Å². The van der Waals surface area contributed by atoms with Crippen LogP contribution in [0.3, 0.4) is 0 Å². The molecule has 1 N–H and O–H groups in total. The summed E-state index contributed by atoms with van der Waals surface area (Å²) in [6, 6.07) is 5.67. The van der Waals surface area contributed by atoms with Crippen molar-refractivity contribution in [2.75, 3.05) is 52.7 Å². The van der Waals surface area contributed by atoms with Gasteiger partial charge in [-0.15, -0.1) is 0 Å². The predicted octanol–water partition coefficient (Wildman–Crippen LogP) is 4.71. The van der Waals surface area contributed by atoms with Crippen LogP contribution >= 0.6 is 11.8 Å². The van der Waals surface area contributed by atoms with Crippen LogP contribution in [-0.2, 0) is 5.72 Å². The van der Waals surface area contributed by atoms with E-state index in [0.29, 0.717) is 11.5 Å². The number of hydrogen-bond donors (Lipinski definition) is 1. The summed E-state index contributed by atoms with van der Waals surface area (Å²) < 4.78 is 11.1. The molecule has 1 unspecified atom stereocenters. The fourth-order valence-corrected chi connectivity index (χ4v) is 6.63. The highest BCUT2D eigenvalue weighted by atomic mass is 32.2. The highest BCUT2D eigenvalue weighted by Crippen LogP contribution is 2.48. The number of thioether (sulfide) groups is 1. The zero-order chi connectivity index (χ0) is 23.3. The van der Waals surface area contributed by atoms with Gasteiger partial charge in [-0.1, -0.05) is 50.8 Å². The molecule has 6 nitrogen and oxygen atoms in total. The first-order valence-electron chi connectivity index (χ1n) is 12.7. The summed E-state index contributed by atoms with van der Waals surface area (Å²) in [5, 5.41) is 12.9. The third kappa shape index (κ3) is 5.30. The Morgan fingerprint density at radius 2 is 1.82 bits per heavy atom. The van der Waals surface area contributed by atoms with E-state index in [1.54, 1.807) is 26.0 Å². The number of benzene rings is 1. The van der Waals surface area contributed by atoms with E-state index in [1.165, 1.54) is 45.1 Å². The Labute approximate surface area is 203 Å². The first-order valence-corrected chi connectivity index (χ1v) is 13.6. The zero-order valence-electron chi connectivity index (χ0n) is 20.6. The van der Waals surface area contributed by atoms with Crippen molar-refractivity contribution in [3.8, 4) is 11.5 Å². The third-order valence-electron chi connectivity index (χ3n) is 7.71. The fraction of sp³-hybridized carbons (Fsp3) is 0.731. The van der Waals surface area contributed by atoms with Crippen molar-refractivity contribution < 1.29 is 14.6 Å². The molecule has 2 fully saturated rings. The summed E-state index contributed by atoms with van der Waals surface area (Å²) in [7, 11) is 3.31. The first-order chi connectivity index (χ1) is 16.0. The Balaban J connectivity index is 1.40. The number of hydrogen-bond acceptors (Lipinski definition) is 7. The maximum Gasteiger partial charge on any atom is 0.179 e. The number of methoxy groups -OCH3 is 2. The lowest BCUT2D eigenvalue weighted by molar-refractivity contribution is -0.0766. The Morgan fingerprint density at radius 1 is 1.06 bits per heavy atom. The molecule has 0 aromatic heterocycles. The molecule has 1 aromatic rings. The number of ether oxygens (including phenoxy) is 2. The largest absolute Gasteiger partial charge is 0.497 e. The van der Waals surface area contributed by atoms with E-state index in [1.807, 2.05) is 18.2 Å². The lowest BCUT2D eigenvalue weighted by Crippen LogP contribution is -2.56. The normalized spacial score (nSPS) is 24.6. The van der Waals surface area contributed by atoms with Crippen LogP contribution in [0.4, 0.5) is 0 Å². The summed E-state index contributed by atoms with van der Waals surface area (Å²) in [6.45, 7) is 7.50. The average Bonchev–Trinajstić information content (AvgIpc) is 3.18. The second-order valence-corrected chi connectivity index (χ2v) is 10.9. The van der Waals surface area contributed by atoms with Gasteiger partial charge >= 0.3 is 0 Å². The SMILES string of the molecule is CCCCCCCCN1CCC2(CC1)CN=C1SCC(O)(c3cc(OC)ccc3OC)N1C2. The maximum absolute atomic E-state index is 11.9. The Hall–Kier alpha value is -1.44. The van der Waals surface area contributed by atoms with Gasteiger partial charge in [0.2, 0.25) is 0 Å². The highest BCUT2D eigenvalue weighted by Gasteiger charge is 2.52. The summed E-state index contributed by atoms with van der Waals surface area (Å²) in [5.41, 5.74) is -0.224. The number of unbranched alkanes of at least 4 members (excludes halogenated alkanes) is 5. The third-order valence-corrected chi connectivity index (χ3v) is 8.86. The van der Waals surface area contributed by atoms with Crippen molar-refractivity contribution in [2.24, 2.45) is 10.4 Å². The summed E-state index contributed by atoms with van der Waals surface area (Å²) in [5.74, 6) is 1.97. The van der Waals surface area contributed by atoms with Crippen LogP contribution in [0.2, 0.25) is 0 Å². The standard InChI is InChI=1S/C26H41N3O3S/c1-4-5-6-7-8-9-14-28-15-12-25(13-16-28)18-27-24-29(19-25)26(30,20-33-24)22-17-21(31-2)10-11-23(22)32-3/h10-11,17,30H,4-9,12-16,18-20H2,1-3H3. The van der Waals surface area contributed by atoms with Gasteiger partial charge in [-0.2, -0.15) is 0 Å². The van der Waals surface area contributed by atoms with Crippen molar-refractivity contribution in [3.63, 3.8) is 0 Å². The Kier molecular flexibility index (Phi) is 8.13. The molecule has 1 atom stereocenters. The van der Waals surface area contributed by atoms with E-state index in [0.717, 1.165) is 55.5 Å². The van der Waals surface area contributed by atoms with Crippen LogP contribution in [-0.4, -0.2) is 72.8 Å². The molecule has 0 aliphatic carbocycles. The van der Waals surface area contributed by atoms with E-state index < -0.39 is 5.72 Å². The van der Waals surface area contributed by atoms with Crippen LogP contribution in [0.25, 0.3) is 0 Å². The van der Waals surface area contributed by atoms with Crippen molar-refractivity contribution in [1.29, 1.82) is 0 Å². The average molecular weight is 476 g/mol. The molecule has 184 valence electrons. The number of likely N-dealkylation sites (tertiary alicyclic amines) is 1. The van der Waals surface area contributed by atoms with E-state index in [9.17, 15) is 5.11 Å². The zero-order valence-corrected chi connectivity index (χ0v) is 21.5. The molecular formula is C26H41N3O3S. The first kappa shape index (κ1) is 24.7. The van der Waals surface area contributed by atoms with Gasteiger partial charge < -0.3 is 24.4 Å². The number of aliphatic imine (C=N–C) groups is 1. The minimum atomic E-state index is -1.13. The van der Waals surface area contributed by atoms with Gasteiger partial charge in [0.05, 0.1) is 25.5 Å². The van der Waals surface area contributed by atoms with Crippen molar-refractivity contribution >= 4 is 16.9 Å². The number of rotatable bonds is 10. The molecule has 0 bridgehead atoms. The minimum Gasteiger partial charge on any atom is -0.497 e. The van der Waals surface area contributed by atoms with Crippen LogP contribution in [0.1, 0.15) is 63.9 Å². The van der Waals surface area contributed by atoms with Crippen molar-refractivity contribution in [2.45, 2.75) is 64.0 Å². The van der Waals surface area contributed by atoms with Crippen LogP contribution in [0, 0.1) is 5.41 Å². The molecule has 0 amide bonds. The fourth-order valence-electron chi connectivity index (χ4n) is 5.46. The minimum absolute atomic E-state index is 0.145. The number of piperidine rings is 1. The Morgan fingerprint density at radius 3 is 2.55 bits per heavy atom. The van der Waals surface area contributed by atoms with Gasteiger partial charge in [0.1, 0.15) is 11.5 Å². The smallest absolute Gasteiger partial charge is 0.179 e. The van der Waals surface area contributed by atoms with Gasteiger partial charge in [0.25, 0.3) is 0 Å². The predicted molar refractivity (Wildman–Crippen MR) is 136 cm³/mol. The summed E-state index contributed by atoms with van der Waals surface area (Å²) >= 11 is 1.65. The molecule has 2 saturated heterocycles. The van der Waals surface area contributed by atoms with Crippen LogP contribution in [0.15, 0.2) is 23.2 Å². The van der Waals surface area contributed by atoms with E-state index >= 15 is 0 Å². The second-order valence-electron chi connectivity index (χ2n) is 9.97. The molecule has 3 aliphatic rings. The molecule has 33 heavy (non-hydrogen) atoms. The number of fused-ring (bicyclic) bond motifs is 1. The van der Waals surface area contributed by atoms with E-state index in [2.05, 4.69) is 16.7 Å². The number of nitrogens with zero attached hydrogens (tertiary/aromatic N) is 3. The van der Waals surface area contributed by atoms with Gasteiger partial charge in [0.15, 0.2) is 10.9 Å². The monoisotopic (exact) mass is 475 g/mol. The molecule has 7 heteroatoms. The molecule has 0 saturated carbocycles. The molecule has 3 heterocycles. The van der Waals surface area contributed by atoms with Crippen LogP contribution in [0.5, 0.6) is 11.5 Å². The molecule has 1 spiro atoms. The van der Waals surface area contributed by atoms with E-state index in [-0.39, 0.29) is 5.41 Å². The molecule has 3 aliphatic heterocycles. The van der Waals surface area contributed by atoms with Gasteiger partial charge in [-0.3, -0.25) is 4.99 Å². The summed E-state index contributed by atoms with van der Waals surface area (Å²) in [6.07, 6.45) is 10.4. The van der Waals surface area contributed by atoms with Gasteiger partial charge in [-0.05, 0) is 57.1 Å². The lowest BCUT2D eigenvalue weighted by atomic mass is 9.76. The van der Waals surface area contributed by atoms with Crippen molar-refractivity contribution in [1.82, 2.24) is 9.80 Å². The number of aliphatic hydroxyl groups is 1. The molecule has 4 rings (SSSR count). The Bertz CT molecular complexity index is 825. The molecular weight excluding hydrogens is 434 g/mol. The maximum atomic E-state index is 11.9. The van der Waals surface area contributed by atoms with Gasteiger partial charge in [0, 0.05) is 18.5 Å². The highest BCUT2D eigenvalue weighted by molar-refractivity contribution is 8.14. The number of amidine groups is 1. The second kappa shape index (κ2) is 10.9. The molecule has 0 radical (unpaired) electrons. The lowest BCUT2D eigenvalue weighted by Gasteiger charge is -2.48. The van der Waals surface area contributed by atoms with Gasteiger partial charge in [-0.25, -0.2) is 0 Å². The van der Waals surface area contributed by atoms with Crippen molar-refractivity contribution in [3.05, 3.63) is 23.8 Å². The summed E-state index contributed by atoms with van der Waals surface area (Å²) in [4.78, 5) is 9.75.